The average molecular weight is 282 g/mol. The number of nitrogens with two attached hydrogens (primary N) is 1. The Labute approximate surface area is 118 Å². The first kappa shape index (κ1) is 14.4. The Balaban J connectivity index is 1.76. The summed E-state index contributed by atoms with van der Waals surface area (Å²) in [6, 6.07) is 0.486. The van der Waals surface area contributed by atoms with Crippen LogP contribution in [0.5, 0.6) is 0 Å². The molecule has 1 aliphatic rings. The van der Waals surface area contributed by atoms with E-state index in [0.717, 1.165) is 36.6 Å². The fourth-order valence-electron chi connectivity index (χ4n) is 2.02. The van der Waals surface area contributed by atoms with E-state index < -0.39 is 5.54 Å². The van der Waals surface area contributed by atoms with E-state index in [2.05, 4.69) is 10.3 Å². The number of nitrogens with zero attached hydrogens (tertiary/aromatic N) is 2. The maximum atomic E-state index is 11.6. The highest BCUT2D eigenvalue weighted by atomic mass is 32.2. The molecule has 106 valence electrons. The predicted molar refractivity (Wildman–Crippen MR) is 76.9 cm³/mol. The van der Waals surface area contributed by atoms with Gasteiger partial charge in [-0.15, -0.1) is 0 Å². The van der Waals surface area contributed by atoms with Gasteiger partial charge in [-0.05, 0) is 32.6 Å². The summed E-state index contributed by atoms with van der Waals surface area (Å²) in [5, 5.41) is 4.38. The van der Waals surface area contributed by atoms with Crippen molar-refractivity contribution >= 4 is 17.7 Å². The number of imidazole rings is 1. The molecule has 0 bridgehead atoms. The molecule has 1 atom stereocenters. The van der Waals surface area contributed by atoms with Gasteiger partial charge in [0.05, 0.1) is 5.54 Å². The summed E-state index contributed by atoms with van der Waals surface area (Å²) in [6.07, 6.45) is 7.76. The normalized spacial score (nSPS) is 18.2. The maximum Gasteiger partial charge on any atom is 0.237 e. The van der Waals surface area contributed by atoms with Gasteiger partial charge < -0.3 is 15.6 Å². The van der Waals surface area contributed by atoms with E-state index in [4.69, 9.17) is 5.73 Å². The number of hydrogen-bond acceptors (Lipinski definition) is 4. The summed E-state index contributed by atoms with van der Waals surface area (Å²) in [5.74, 6) is 0.696. The molecule has 0 saturated heterocycles. The van der Waals surface area contributed by atoms with Gasteiger partial charge in [0.2, 0.25) is 5.91 Å². The molecule has 19 heavy (non-hydrogen) atoms. The molecule has 0 aromatic carbocycles. The molecule has 1 aromatic heterocycles. The Morgan fingerprint density at radius 2 is 2.42 bits per heavy atom. The van der Waals surface area contributed by atoms with Gasteiger partial charge in [-0.25, -0.2) is 4.98 Å². The Kier molecular flexibility index (Phi) is 4.52. The molecule has 0 spiro atoms. The van der Waals surface area contributed by atoms with Crippen molar-refractivity contribution in [3.63, 3.8) is 0 Å². The summed E-state index contributed by atoms with van der Waals surface area (Å²) >= 11 is 1.71. The summed E-state index contributed by atoms with van der Waals surface area (Å²) in [4.78, 5) is 15.9. The fourth-order valence-corrected chi connectivity index (χ4v) is 2.90. The van der Waals surface area contributed by atoms with E-state index in [-0.39, 0.29) is 5.91 Å². The molecule has 1 fully saturated rings. The fraction of sp³-hybridized carbons (Fsp3) is 0.692. The highest BCUT2D eigenvalue weighted by molar-refractivity contribution is 7.99. The molecule has 5 nitrogen and oxygen atoms in total. The van der Waals surface area contributed by atoms with Crippen LogP contribution in [0, 0.1) is 0 Å². The van der Waals surface area contributed by atoms with E-state index in [1.54, 1.807) is 18.0 Å². The standard InChI is InChI=1S/C13H22N4OS/c1-13(11(14)18,16-10-4-5-10)6-3-9-19-12-15-7-8-17(12)2/h7-8,10,16H,3-6,9H2,1-2H3,(H2,14,18). The van der Waals surface area contributed by atoms with Gasteiger partial charge in [-0.2, -0.15) is 0 Å². The molecule has 1 unspecified atom stereocenters. The molecular formula is C13H22N4OS. The lowest BCUT2D eigenvalue weighted by Gasteiger charge is -2.27. The van der Waals surface area contributed by atoms with Crippen molar-refractivity contribution in [1.29, 1.82) is 0 Å². The minimum atomic E-state index is -0.566. The Bertz CT molecular complexity index is 444. The Morgan fingerprint density at radius 3 is 2.95 bits per heavy atom. The number of aryl methyl sites for hydroxylation is 1. The van der Waals surface area contributed by atoms with Crippen LogP contribution in [0.4, 0.5) is 0 Å². The van der Waals surface area contributed by atoms with E-state index >= 15 is 0 Å². The van der Waals surface area contributed by atoms with Gasteiger partial charge in [-0.3, -0.25) is 4.79 Å². The SMILES string of the molecule is Cn1ccnc1SCCCC(C)(NC1CC1)C(N)=O. The van der Waals surface area contributed by atoms with Crippen LogP contribution in [-0.4, -0.2) is 32.8 Å². The van der Waals surface area contributed by atoms with Crippen molar-refractivity contribution in [3.8, 4) is 0 Å². The minimum absolute atomic E-state index is 0.249. The number of carbonyl (C=O) groups is 1. The van der Waals surface area contributed by atoms with Crippen LogP contribution in [0.3, 0.4) is 0 Å². The zero-order valence-electron chi connectivity index (χ0n) is 11.6. The molecule has 0 radical (unpaired) electrons. The van der Waals surface area contributed by atoms with Gasteiger partial charge in [-0.1, -0.05) is 11.8 Å². The van der Waals surface area contributed by atoms with Gasteiger partial charge in [0.15, 0.2) is 5.16 Å². The van der Waals surface area contributed by atoms with Gasteiger partial charge in [0.1, 0.15) is 0 Å². The Morgan fingerprint density at radius 1 is 1.68 bits per heavy atom. The lowest BCUT2D eigenvalue weighted by atomic mass is 9.95. The summed E-state index contributed by atoms with van der Waals surface area (Å²) in [7, 11) is 1.98. The summed E-state index contributed by atoms with van der Waals surface area (Å²) in [6.45, 7) is 1.92. The monoisotopic (exact) mass is 282 g/mol. The highest BCUT2D eigenvalue weighted by Crippen LogP contribution is 2.25. The number of hydrogen-bond donors (Lipinski definition) is 2. The molecule has 2 rings (SSSR count). The zero-order chi connectivity index (χ0) is 13.9. The van der Waals surface area contributed by atoms with Crippen molar-refractivity contribution < 1.29 is 4.79 Å². The molecule has 1 amide bonds. The van der Waals surface area contributed by atoms with Crippen molar-refractivity contribution in [1.82, 2.24) is 14.9 Å². The highest BCUT2D eigenvalue weighted by Gasteiger charge is 2.36. The molecule has 1 saturated carbocycles. The van der Waals surface area contributed by atoms with E-state index in [0.29, 0.717) is 6.04 Å². The molecule has 1 aromatic rings. The topological polar surface area (TPSA) is 72.9 Å². The summed E-state index contributed by atoms with van der Waals surface area (Å²) in [5.41, 5.74) is 4.96. The lowest BCUT2D eigenvalue weighted by molar-refractivity contribution is -0.124. The molecule has 6 heteroatoms. The van der Waals surface area contributed by atoms with Gasteiger partial charge in [0, 0.05) is 31.2 Å². The first-order chi connectivity index (χ1) is 9.01. The molecule has 1 heterocycles. The molecular weight excluding hydrogens is 260 g/mol. The number of primary amides is 1. The van der Waals surface area contributed by atoms with Crippen molar-refractivity contribution in [2.45, 2.75) is 49.3 Å². The van der Waals surface area contributed by atoms with Crippen LogP contribution in [0.1, 0.15) is 32.6 Å². The van der Waals surface area contributed by atoms with Crippen LogP contribution >= 0.6 is 11.8 Å². The van der Waals surface area contributed by atoms with E-state index in [9.17, 15) is 4.79 Å². The maximum absolute atomic E-state index is 11.6. The van der Waals surface area contributed by atoms with Crippen LogP contribution in [0.2, 0.25) is 0 Å². The van der Waals surface area contributed by atoms with E-state index in [1.165, 1.54) is 0 Å². The number of rotatable bonds is 8. The lowest BCUT2D eigenvalue weighted by Crippen LogP contribution is -2.54. The van der Waals surface area contributed by atoms with Crippen molar-refractivity contribution in [3.05, 3.63) is 12.4 Å². The predicted octanol–water partition coefficient (Wildman–Crippen LogP) is 1.29. The largest absolute Gasteiger partial charge is 0.368 e. The van der Waals surface area contributed by atoms with Crippen LogP contribution in [-0.2, 0) is 11.8 Å². The van der Waals surface area contributed by atoms with Crippen LogP contribution < -0.4 is 11.1 Å². The first-order valence-corrected chi connectivity index (χ1v) is 7.67. The molecule has 1 aliphatic carbocycles. The second-order valence-corrected chi connectivity index (χ2v) is 6.45. The second-order valence-electron chi connectivity index (χ2n) is 5.39. The molecule has 0 aliphatic heterocycles. The molecule has 3 N–H and O–H groups in total. The van der Waals surface area contributed by atoms with Crippen LogP contribution in [0.25, 0.3) is 0 Å². The van der Waals surface area contributed by atoms with Crippen LogP contribution in [0.15, 0.2) is 17.6 Å². The number of carbonyl (C=O) groups excluding carboxylic acids is 1. The van der Waals surface area contributed by atoms with Gasteiger partial charge in [0.25, 0.3) is 0 Å². The summed E-state index contributed by atoms with van der Waals surface area (Å²) < 4.78 is 2.00. The number of nitrogens with one attached hydrogen (secondary N) is 1. The average Bonchev–Trinajstić information content (AvgIpc) is 3.06. The van der Waals surface area contributed by atoms with E-state index in [1.807, 2.05) is 24.7 Å². The zero-order valence-corrected chi connectivity index (χ0v) is 12.4. The van der Waals surface area contributed by atoms with Crippen molar-refractivity contribution in [2.75, 3.05) is 5.75 Å². The smallest absolute Gasteiger partial charge is 0.237 e. The number of aromatic nitrogens is 2. The third kappa shape index (κ3) is 3.98. The minimum Gasteiger partial charge on any atom is -0.368 e. The number of amides is 1. The van der Waals surface area contributed by atoms with Gasteiger partial charge >= 0.3 is 0 Å². The first-order valence-electron chi connectivity index (χ1n) is 6.69. The third-order valence-corrected chi connectivity index (χ3v) is 4.62. The quantitative estimate of drug-likeness (QED) is 0.556. The second kappa shape index (κ2) is 5.96. The van der Waals surface area contributed by atoms with Crippen molar-refractivity contribution in [2.24, 2.45) is 12.8 Å². The third-order valence-electron chi connectivity index (χ3n) is 3.47. The number of thioether (sulfide) groups is 1. The Hall–Kier alpha value is -1.01.